The highest BCUT2D eigenvalue weighted by molar-refractivity contribution is 6.30. The Labute approximate surface area is 116 Å². The van der Waals surface area contributed by atoms with Crippen molar-refractivity contribution in [3.05, 3.63) is 58.0 Å². The van der Waals surface area contributed by atoms with Crippen LogP contribution in [0.1, 0.15) is 27.4 Å². The predicted octanol–water partition coefficient (Wildman–Crippen LogP) is 3.23. The van der Waals surface area contributed by atoms with E-state index < -0.39 is 5.97 Å². The van der Waals surface area contributed by atoms with Crippen molar-refractivity contribution in [2.75, 3.05) is 0 Å². The van der Waals surface area contributed by atoms with Gasteiger partial charge in [-0.3, -0.25) is 0 Å². The average molecular weight is 280 g/mol. The lowest BCUT2D eigenvalue weighted by Crippen LogP contribution is -2.12. The van der Waals surface area contributed by atoms with Gasteiger partial charge in [0.15, 0.2) is 0 Å². The van der Waals surface area contributed by atoms with Crippen molar-refractivity contribution in [2.24, 2.45) is 0 Å². The molecule has 19 heavy (non-hydrogen) atoms. The second kappa shape index (κ2) is 5.91. The smallest absolute Gasteiger partial charge is 0.339 e. The number of hydrogen-bond acceptors (Lipinski definition) is 3. The van der Waals surface area contributed by atoms with Crippen molar-refractivity contribution in [2.45, 2.75) is 20.0 Å². The van der Waals surface area contributed by atoms with Crippen molar-refractivity contribution < 1.29 is 14.3 Å². The van der Waals surface area contributed by atoms with E-state index in [-0.39, 0.29) is 5.56 Å². The van der Waals surface area contributed by atoms with E-state index in [4.69, 9.17) is 21.1 Å². The molecule has 0 aliphatic heterocycles. The van der Waals surface area contributed by atoms with Crippen LogP contribution in [-0.2, 0) is 13.1 Å². The highest BCUT2D eigenvalue weighted by Gasteiger charge is 2.13. The molecule has 0 saturated heterocycles. The largest absolute Gasteiger partial charge is 0.478 e. The van der Waals surface area contributed by atoms with Crippen molar-refractivity contribution in [1.29, 1.82) is 0 Å². The summed E-state index contributed by atoms with van der Waals surface area (Å²) in [6.07, 6.45) is 0. The molecule has 4 nitrogen and oxygen atoms in total. The molecule has 0 aliphatic carbocycles. The number of furan rings is 1. The summed E-state index contributed by atoms with van der Waals surface area (Å²) in [6, 6.07) is 9.10. The number of nitrogens with one attached hydrogen (secondary N) is 1. The van der Waals surface area contributed by atoms with E-state index in [0.717, 1.165) is 5.56 Å². The van der Waals surface area contributed by atoms with Gasteiger partial charge in [-0.1, -0.05) is 23.7 Å². The van der Waals surface area contributed by atoms with Gasteiger partial charge in [0.1, 0.15) is 17.1 Å². The molecule has 100 valence electrons. The summed E-state index contributed by atoms with van der Waals surface area (Å²) in [6.45, 7) is 2.76. The van der Waals surface area contributed by atoms with Crippen LogP contribution in [0.25, 0.3) is 0 Å². The molecule has 5 heteroatoms. The molecule has 0 spiro atoms. The lowest BCUT2D eigenvalue weighted by atomic mass is 10.2. The molecule has 0 atom stereocenters. The van der Waals surface area contributed by atoms with E-state index in [1.54, 1.807) is 13.0 Å². The van der Waals surface area contributed by atoms with Gasteiger partial charge < -0.3 is 14.8 Å². The SMILES string of the molecule is Cc1oc(CNCc2cccc(Cl)c2)cc1C(=O)O. The van der Waals surface area contributed by atoms with Gasteiger partial charge in [-0.2, -0.15) is 0 Å². The zero-order chi connectivity index (χ0) is 13.8. The Bertz CT molecular complexity index is 592. The maximum atomic E-state index is 10.9. The molecule has 0 amide bonds. The van der Waals surface area contributed by atoms with Gasteiger partial charge in [-0.05, 0) is 30.7 Å². The Hall–Kier alpha value is -1.78. The minimum Gasteiger partial charge on any atom is -0.478 e. The number of rotatable bonds is 5. The maximum absolute atomic E-state index is 10.9. The van der Waals surface area contributed by atoms with Gasteiger partial charge >= 0.3 is 5.97 Å². The summed E-state index contributed by atoms with van der Waals surface area (Å²) >= 11 is 5.89. The first kappa shape index (κ1) is 13.6. The summed E-state index contributed by atoms with van der Waals surface area (Å²) < 4.78 is 5.37. The van der Waals surface area contributed by atoms with Gasteiger partial charge in [-0.25, -0.2) is 4.79 Å². The van der Waals surface area contributed by atoms with Crippen LogP contribution >= 0.6 is 11.6 Å². The molecule has 2 aromatic rings. The normalized spacial score (nSPS) is 10.6. The topological polar surface area (TPSA) is 62.5 Å². The second-order valence-electron chi connectivity index (χ2n) is 4.22. The number of halogens is 1. The number of carbonyl (C=O) groups is 1. The van der Waals surface area contributed by atoms with E-state index in [0.29, 0.717) is 29.6 Å². The Morgan fingerprint density at radius 1 is 1.37 bits per heavy atom. The molecule has 0 aliphatic rings. The molecular weight excluding hydrogens is 266 g/mol. The van der Waals surface area contributed by atoms with Crippen LogP contribution in [0.4, 0.5) is 0 Å². The molecule has 0 unspecified atom stereocenters. The average Bonchev–Trinajstić information content (AvgIpc) is 2.71. The summed E-state index contributed by atoms with van der Waals surface area (Å²) in [5.74, 6) is 0.0614. The Morgan fingerprint density at radius 2 is 2.16 bits per heavy atom. The maximum Gasteiger partial charge on any atom is 0.339 e. The number of carboxylic acids is 1. The number of benzene rings is 1. The fourth-order valence-corrected chi connectivity index (χ4v) is 2.03. The minimum absolute atomic E-state index is 0.208. The molecule has 0 bridgehead atoms. The van der Waals surface area contributed by atoms with Crippen LogP contribution in [-0.4, -0.2) is 11.1 Å². The van der Waals surface area contributed by atoms with Crippen LogP contribution in [0.5, 0.6) is 0 Å². The van der Waals surface area contributed by atoms with E-state index in [1.807, 2.05) is 24.3 Å². The molecule has 1 aromatic carbocycles. The fraction of sp³-hybridized carbons (Fsp3) is 0.214. The second-order valence-corrected chi connectivity index (χ2v) is 4.66. The van der Waals surface area contributed by atoms with Crippen LogP contribution in [0.2, 0.25) is 5.02 Å². The zero-order valence-electron chi connectivity index (χ0n) is 10.4. The standard InChI is InChI=1S/C14H14ClNO3/c1-9-13(14(17)18)6-12(19-9)8-16-7-10-3-2-4-11(15)5-10/h2-6,16H,7-8H2,1H3,(H,17,18). The molecule has 1 heterocycles. The third-order valence-corrected chi connectivity index (χ3v) is 2.95. The number of carboxylic acid groups (broad SMARTS) is 1. The van der Waals surface area contributed by atoms with Gasteiger partial charge in [0, 0.05) is 11.6 Å². The first-order valence-electron chi connectivity index (χ1n) is 5.84. The highest BCUT2D eigenvalue weighted by Crippen LogP contribution is 2.15. The van der Waals surface area contributed by atoms with E-state index in [1.165, 1.54) is 0 Å². The van der Waals surface area contributed by atoms with Crippen molar-refractivity contribution in [3.63, 3.8) is 0 Å². The lowest BCUT2D eigenvalue weighted by molar-refractivity contribution is 0.0695. The summed E-state index contributed by atoms with van der Waals surface area (Å²) in [4.78, 5) is 10.9. The molecular formula is C14H14ClNO3. The van der Waals surface area contributed by atoms with Crippen LogP contribution in [0.15, 0.2) is 34.7 Å². The van der Waals surface area contributed by atoms with E-state index in [9.17, 15) is 4.79 Å². The number of aryl methyl sites for hydroxylation is 1. The molecule has 0 fully saturated rings. The molecule has 0 radical (unpaired) electrons. The van der Waals surface area contributed by atoms with Gasteiger partial charge in [0.25, 0.3) is 0 Å². The van der Waals surface area contributed by atoms with Crippen LogP contribution < -0.4 is 5.32 Å². The monoisotopic (exact) mass is 279 g/mol. The Morgan fingerprint density at radius 3 is 2.79 bits per heavy atom. The fourth-order valence-electron chi connectivity index (χ4n) is 1.82. The van der Waals surface area contributed by atoms with Crippen molar-refractivity contribution in [1.82, 2.24) is 5.32 Å². The van der Waals surface area contributed by atoms with Gasteiger partial charge in [-0.15, -0.1) is 0 Å². The third-order valence-electron chi connectivity index (χ3n) is 2.72. The van der Waals surface area contributed by atoms with E-state index in [2.05, 4.69) is 5.32 Å². The quantitative estimate of drug-likeness (QED) is 0.882. The van der Waals surface area contributed by atoms with Crippen molar-refractivity contribution in [3.8, 4) is 0 Å². The number of aromatic carboxylic acids is 1. The van der Waals surface area contributed by atoms with E-state index >= 15 is 0 Å². The lowest BCUT2D eigenvalue weighted by Gasteiger charge is -2.03. The third kappa shape index (κ3) is 3.59. The molecule has 2 N–H and O–H groups in total. The minimum atomic E-state index is -0.970. The summed E-state index contributed by atoms with van der Waals surface area (Å²) in [7, 11) is 0. The summed E-state index contributed by atoms with van der Waals surface area (Å²) in [5, 5.41) is 12.8. The molecule has 1 aromatic heterocycles. The van der Waals surface area contributed by atoms with Crippen LogP contribution in [0.3, 0.4) is 0 Å². The molecule has 2 rings (SSSR count). The molecule has 0 saturated carbocycles. The summed E-state index contributed by atoms with van der Waals surface area (Å²) in [5.41, 5.74) is 1.27. The zero-order valence-corrected chi connectivity index (χ0v) is 11.2. The highest BCUT2D eigenvalue weighted by atomic mass is 35.5. The number of hydrogen-bond donors (Lipinski definition) is 2. The predicted molar refractivity (Wildman–Crippen MR) is 72.4 cm³/mol. The Kier molecular flexibility index (Phi) is 4.24. The first-order valence-corrected chi connectivity index (χ1v) is 6.22. The Balaban J connectivity index is 1.92. The van der Waals surface area contributed by atoms with Crippen LogP contribution in [0, 0.1) is 6.92 Å². The van der Waals surface area contributed by atoms with Gasteiger partial charge in [0.2, 0.25) is 0 Å². The van der Waals surface area contributed by atoms with Gasteiger partial charge in [0.05, 0.1) is 6.54 Å². The van der Waals surface area contributed by atoms with Crippen molar-refractivity contribution >= 4 is 17.6 Å². The first-order chi connectivity index (χ1) is 9.06.